The first kappa shape index (κ1) is 15.0. The first-order valence-electron chi connectivity index (χ1n) is 6.42. The molecule has 1 aromatic heterocycles. The third kappa shape index (κ3) is 3.78. The number of amides is 1. The molecule has 1 aliphatic heterocycles. The van der Waals surface area contributed by atoms with E-state index < -0.39 is 12.0 Å². The predicted octanol–water partition coefficient (Wildman–Crippen LogP) is 0.757. The molecule has 1 fully saturated rings. The minimum atomic E-state index is -0.933. The molecule has 0 aliphatic carbocycles. The maximum Gasteiger partial charge on any atom is 0.305 e. The number of carboxylic acid groups (broad SMARTS) is 1. The van der Waals surface area contributed by atoms with E-state index in [9.17, 15) is 9.59 Å². The second-order valence-electron chi connectivity index (χ2n) is 4.73. The Labute approximate surface area is 121 Å². The van der Waals surface area contributed by atoms with Crippen LogP contribution >= 0.6 is 11.3 Å². The monoisotopic (exact) mass is 298 g/mol. The number of rotatable bonds is 6. The van der Waals surface area contributed by atoms with Crippen LogP contribution in [-0.2, 0) is 14.3 Å². The number of hydrogen-bond acceptors (Lipinski definition) is 5. The van der Waals surface area contributed by atoms with Crippen molar-refractivity contribution in [3.8, 4) is 0 Å². The van der Waals surface area contributed by atoms with Crippen LogP contribution in [0, 0.1) is 0 Å². The van der Waals surface area contributed by atoms with E-state index in [-0.39, 0.29) is 24.5 Å². The fraction of sp³-hybridized carbons (Fsp3) is 0.538. The number of carbonyl (C=O) groups is 2. The van der Waals surface area contributed by atoms with Gasteiger partial charge in [0.1, 0.15) is 0 Å². The fourth-order valence-electron chi connectivity index (χ4n) is 2.24. The molecule has 0 radical (unpaired) electrons. The summed E-state index contributed by atoms with van der Waals surface area (Å²) in [5.41, 5.74) is 0. The Balaban J connectivity index is 1.97. The van der Waals surface area contributed by atoms with Crippen LogP contribution in [-0.4, -0.2) is 42.8 Å². The Bertz CT molecular complexity index is 463. The molecule has 2 rings (SSSR count). The second-order valence-corrected chi connectivity index (χ2v) is 5.71. The van der Waals surface area contributed by atoms with Crippen LogP contribution in [0.3, 0.4) is 0 Å². The lowest BCUT2D eigenvalue weighted by atomic mass is 10.1. The molecular weight excluding hydrogens is 280 g/mol. The van der Waals surface area contributed by atoms with Crippen molar-refractivity contribution in [2.24, 2.45) is 0 Å². The van der Waals surface area contributed by atoms with Crippen LogP contribution < -0.4 is 10.6 Å². The summed E-state index contributed by atoms with van der Waals surface area (Å²) in [7, 11) is 1.62. The quantitative estimate of drug-likeness (QED) is 0.721. The van der Waals surface area contributed by atoms with Crippen LogP contribution in [0.2, 0.25) is 0 Å². The van der Waals surface area contributed by atoms with E-state index in [0.717, 1.165) is 4.88 Å². The van der Waals surface area contributed by atoms with E-state index in [4.69, 9.17) is 9.84 Å². The van der Waals surface area contributed by atoms with Gasteiger partial charge in [-0.05, 0) is 17.9 Å². The average molecular weight is 298 g/mol. The highest BCUT2D eigenvalue weighted by Crippen LogP contribution is 2.22. The zero-order valence-corrected chi connectivity index (χ0v) is 12.0. The fourth-order valence-corrected chi connectivity index (χ4v) is 3.02. The first-order chi connectivity index (χ1) is 9.60. The Hall–Kier alpha value is -1.44. The molecule has 1 amide bonds. The SMILES string of the molecule is COC1CNC(C(=O)NC(CC(=O)O)c2cccs2)C1. The van der Waals surface area contributed by atoms with Gasteiger partial charge in [-0.15, -0.1) is 11.3 Å². The summed E-state index contributed by atoms with van der Waals surface area (Å²) < 4.78 is 5.20. The van der Waals surface area contributed by atoms with Gasteiger partial charge in [0.05, 0.1) is 24.6 Å². The molecule has 3 N–H and O–H groups in total. The summed E-state index contributed by atoms with van der Waals surface area (Å²) in [5.74, 6) is -1.11. The highest BCUT2D eigenvalue weighted by Gasteiger charge is 2.31. The lowest BCUT2D eigenvalue weighted by molar-refractivity contribution is -0.137. The lowest BCUT2D eigenvalue weighted by Gasteiger charge is -2.18. The van der Waals surface area contributed by atoms with Gasteiger partial charge in [-0.3, -0.25) is 9.59 Å². The van der Waals surface area contributed by atoms with Crippen molar-refractivity contribution >= 4 is 23.2 Å². The maximum atomic E-state index is 12.2. The van der Waals surface area contributed by atoms with Crippen molar-refractivity contribution in [1.82, 2.24) is 10.6 Å². The van der Waals surface area contributed by atoms with E-state index in [1.54, 1.807) is 7.11 Å². The number of ether oxygens (including phenoxy) is 1. The summed E-state index contributed by atoms with van der Waals surface area (Å²) in [6, 6.07) is 2.87. The normalized spacial score (nSPS) is 23.4. The summed E-state index contributed by atoms with van der Waals surface area (Å²) in [5, 5.41) is 16.7. The van der Waals surface area contributed by atoms with E-state index in [0.29, 0.717) is 13.0 Å². The number of aliphatic carboxylic acids is 1. The topological polar surface area (TPSA) is 87.7 Å². The summed E-state index contributed by atoms with van der Waals surface area (Å²) in [6.45, 7) is 0.636. The van der Waals surface area contributed by atoms with Gasteiger partial charge in [-0.2, -0.15) is 0 Å². The van der Waals surface area contributed by atoms with Gasteiger partial charge >= 0.3 is 5.97 Å². The molecule has 3 atom stereocenters. The number of methoxy groups -OCH3 is 1. The molecule has 0 bridgehead atoms. The standard InChI is InChI=1S/C13H18N2O4S/c1-19-8-5-10(14-7-8)13(18)15-9(6-12(16)17)11-3-2-4-20-11/h2-4,8-10,14H,5-7H2,1H3,(H,15,18)(H,16,17). The van der Waals surface area contributed by atoms with Crippen molar-refractivity contribution in [3.63, 3.8) is 0 Å². The molecule has 1 aromatic rings. The smallest absolute Gasteiger partial charge is 0.305 e. The average Bonchev–Trinajstić information content (AvgIpc) is 3.08. The zero-order chi connectivity index (χ0) is 14.5. The van der Waals surface area contributed by atoms with Crippen molar-refractivity contribution in [2.45, 2.75) is 31.0 Å². The number of carboxylic acids is 1. The molecule has 0 saturated carbocycles. The van der Waals surface area contributed by atoms with Gasteiger partial charge in [0.2, 0.25) is 5.91 Å². The molecule has 3 unspecified atom stereocenters. The Morgan fingerprint density at radius 1 is 1.65 bits per heavy atom. The Morgan fingerprint density at radius 3 is 3.00 bits per heavy atom. The van der Waals surface area contributed by atoms with Crippen molar-refractivity contribution in [2.75, 3.05) is 13.7 Å². The maximum absolute atomic E-state index is 12.2. The number of carbonyl (C=O) groups excluding carboxylic acids is 1. The molecular formula is C13H18N2O4S. The van der Waals surface area contributed by atoms with E-state index in [2.05, 4.69) is 10.6 Å². The molecule has 1 saturated heterocycles. The van der Waals surface area contributed by atoms with Gasteiger partial charge in [-0.1, -0.05) is 6.07 Å². The van der Waals surface area contributed by atoms with Gasteiger partial charge in [0.25, 0.3) is 0 Å². The highest BCUT2D eigenvalue weighted by molar-refractivity contribution is 7.10. The van der Waals surface area contributed by atoms with E-state index in [1.165, 1.54) is 11.3 Å². The molecule has 1 aliphatic rings. The second kappa shape index (κ2) is 6.83. The van der Waals surface area contributed by atoms with Crippen LogP contribution in [0.5, 0.6) is 0 Å². The Kier molecular flexibility index (Phi) is 5.11. The van der Waals surface area contributed by atoms with Gasteiger partial charge < -0.3 is 20.5 Å². The molecule has 110 valence electrons. The number of hydrogen-bond donors (Lipinski definition) is 3. The molecule has 6 nitrogen and oxygen atoms in total. The molecule has 7 heteroatoms. The molecule has 0 aromatic carbocycles. The minimum absolute atomic E-state index is 0.0328. The summed E-state index contributed by atoms with van der Waals surface area (Å²) in [6.07, 6.45) is 0.518. The van der Waals surface area contributed by atoms with Crippen LogP contribution in [0.15, 0.2) is 17.5 Å². The van der Waals surface area contributed by atoms with Crippen LogP contribution in [0.25, 0.3) is 0 Å². The number of nitrogens with one attached hydrogen (secondary N) is 2. The van der Waals surface area contributed by atoms with Gasteiger partial charge in [0, 0.05) is 18.5 Å². The van der Waals surface area contributed by atoms with Gasteiger partial charge in [-0.25, -0.2) is 0 Å². The predicted molar refractivity (Wildman–Crippen MR) is 74.7 cm³/mol. The minimum Gasteiger partial charge on any atom is -0.481 e. The Morgan fingerprint density at radius 2 is 2.45 bits per heavy atom. The van der Waals surface area contributed by atoms with Crippen molar-refractivity contribution in [3.05, 3.63) is 22.4 Å². The first-order valence-corrected chi connectivity index (χ1v) is 7.30. The largest absolute Gasteiger partial charge is 0.481 e. The van der Waals surface area contributed by atoms with Gasteiger partial charge in [0.15, 0.2) is 0 Å². The van der Waals surface area contributed by atoms with E-state index in [1.807, 2.05) is 17.5 Å². The lowest BCUT2D eigenvalue weighted by Crippen LogP contribution is -2.42. The third-order valence-electron chi connectivity index (χ3n) is 3.32. The molecule has 0 spiro atoms. The third-order valence-corrected chi connectivity index (χ3v) is 4.31. The van der Waals surface area contributed by atoms with Crippen molar-refractivity contribution in [1.29, 1.82) is 0 Å². The van der Waals surface area contributed by atoms with E-state index >= 15 is 0 Å². The molecule has 2 heterocycles. The van der Waals surface area contributed by atoms with Crippen LogP contribution in [0.1, 0.15) is 23.8 Å². The molecule has 20 heavy (non-hydrogen) atoms. The van der Waals surface area contributed by atoms with Crippen molar-refractivity contribution < 1.29 is 19.4 Å². The summed E-state index contributed by atoms with van der Waals surface area (Å²) in [4.78, 5) is 23.9. The number of thiophene rings is 1. The highest BCUT2D eigenvalue weighted by atomic mass is 32.1. The zero-order valence-electron chi connectivity index (χ0n) is 11.2. The van der Waals surface area contributed by atoms with Crippen LogP contribution in [0.4, 0.5) is 0 Å². The summed E-state index contributed by atoms with van der Waals surface area (Å²) >= 11 is 1.44.